The minimum absolute atomic E-state index is 0.153. The fraction of sp³-hybridized carbons (Fsp3) is 0.412. The Balaban J connectivity index is 1.99. The number of nitrogens with zero attached hydrogens (tertiary/aromatic N) is 1. The molecule has 0 unspecified atom stereocenters. The third kappa shape index (κ3) is 2.75. The van der Waals surface area contributed by atoms with Gasteiger partial charge in [0.1, 0.15) is 11.5 Å². The van der Waals surface area contributed by atoms with Crippen LogP contribution in [0.15, 0.2) is 28.8 Å². The number of benzene rings is 1. The van der Waals surface area contributed by atoms with Gasteiger partial charge >= 0.3 is 5.97 Å². The van der Waals surface area contributed by atoms with E-state index >= 15 is 0 Å². The van der Waals surface area contributed by atoms with E-state index in [2.05, 4.69) is 12.1 Å². The van der Waals surface area contributed by atoms with Crippen LogP contribution in [0.1, 0.15) is 37.0 Å². The van der Waals surface area contributed by atoms with Crippen molar-refractivity contribution >= 4 is 17.6 Å². The molecule has 0 bridgehead atoms. The number of rotatable bonds is 2. The molecule has 116 valence electrons. The molecule has 5 heteroatoms. The fourth-order valence-corrected chi connectivity index (χ4v) is 3.22. The van der Waals surface area contributed by atoms with Crippen molar-refractivity contribution in [2.45, 2.75) is 32.1 Å². The Morgan fingerprint density at radius 2 is 2.05 bits per heavy atom. The molecule has 0 saturated carbocycles. The van der Waals surface area contributed by atoms with E-state index in [1.165, 1.54) is 7.11 Å². The second kappa shape index (κ2) is 6.13. The van der Waals surface area contributed by atoms with Crippen molar-refractivity contribution in [1.29, 1.82) is 0 Å². The second-order valence-electron chi connectivity index (χ2n) is 5.78. The number of methoxy groups -OCH3 is 1. The van der Waals surface area contributed by atoms with E-state index in [4.69, 9.17) is 20.9 Å². The SMILES string of the molecule is COC(=O)[C@H]1CC[C@@H](C)c2c(-c3ccc(Cl)cc3)noc2C1. The van der Waals surface area contributed by atoms with Crippen molar-refractivity contribution in [2.75, 3.05) is 7.11 Å². The molecule has 22 heavy (non-hydrogen) atoms. The van der Waals surface area contributed by atoms with Crippen LogP contribution in [-0.2, 0) is 16.0 Å². The predicted molar refractivity (Wildman–Crippen MR) is 83.8 cm³/mol. The lowest BCUT2D eigenvalue weighted by molar-refractivity contribution is -0.145. The Bertz CT molecular complexity index is 678. The molecule has 2 aromatic rings. The van der Waals surface area contributed by atoms with E-state index in [9.17, 15) is 4.79 Å². The van der Waals surface area contributed by atoms with E-state index in [1.807, 2.05) is 24.3 Å². The first-order chi connectivity index (χ1) is 10.6. The lowest BCUT2D eigenvalue weighted by atomic mass is 9.93. The van der Waals surface area contributed by atoms with Crippen LogP contribution in [0.5, 0.6) is 0 Å². The first kappa shape index (κ1) is 15.1. The van der Waals surface area contributed by atoms with Crippen molar-refractivity contribution in [3.63, 3.8) is 0 Å². The molecule has 0 N–H and O–H groups in total. The lowest BCUT2D eigenvalue weighted by Gasteiger charge is -2.11. The Hall–Kier alpha value is -1.81. The van der Waals surface area contributed by atoms with Crippen LogP contribution in [0.2, 0.25) is 5.02 Å². The molecule has 1 aliphatic rings. The van der Waals surface area contributed by atoms with Crippen molar-refractivity contribution in [1.82, 2.24) is 5.16 Å². The maximum atomic E-state index is 11.9. The molecule has 4 nitrogen and oxygen atoms in total. The summed E-state index contributed by atoms with van der Waals surface area (Å²) in [5, 5.41) is 4.93. The van der Waals surface area contributed by atoms with Gasteiger partial charge in [0, 0.05) is 22.6 Å². The fourth-order valence-electron chi connectivity index (χ4n) is 3.09. The van der Waals surface area contributed by atoms with Crippen molar-refractivity contribution in [3.05, 3.63) is 40.6 Å². The number of hydrogen-bond acceptors (Lipinski definition) is 4. The highest BCUT2D eigenvalue weighted by molar-refractivity contribution is 6.30. The summed E-state index contributed by atoms with van der Waals surface area (Å²) in [5.41, 5.74) is 2.94. The van der Waals surface area contributed by atoms with Gasteiger partial charge in [-0.05, 0) is 30.9 Å². The van der Waals surface area contributed by atoms with E-state index in [0.29, 0.717) is 17.4 Å². The summed E-state index contributed by atoms with van der Waals surface area (Å²) in [6.45, 7) is 2.15. The van der Waals surface area contributed by atoms with Gasteiger partial charge in [-0.25, -0.2) is 0 Å². The first-order valence-electron chi connectivity index (χ1n) is 7.42. The third-order valence-electron chi connectivity index (χ3n) is 4.33. The summed E-state index contributed by atoms with van der Waals surface area (Å²) >= 11 is 5.95. The van der Waals surface area contributed by atoms with E-state index in [1.54, 1.807) is 0 Å². The van der Waals surface area contributed by atoms with Crippen LogP contribution in [-0.4, -0.2) is 18.2 Å². The van der Waals surface area contributed by atoms with Gasteiger partial charge in [0.05, 0.1) is 13.0 Å². The topological polar surface area (TPSA) is 52.3 Å². The Kier molecular flexibility index (Phi) is 4.21. The molecular formula is C17H18ClNO3. The van der Waals surface area contributed by atoms with Crippen LogP contribution in [0.3, 0.4) is 0 Å². The highest BCUT2D eigenvalue weighted by atomic mass is 35.5. The summed E-state index contributed by atoms with van der Waals surface area (Å²) in [4.78, 5) is 11.9. The van der Waals surface area contributed by atoms with E-state index < -0.39 is 0 Å². The average Bonchev–Trinajstić information content (AvgIpc) is 2.87. The summed E-state index contributed by atoms with van der Waals surface area (Å²) in [7, 11) is 1.43. The Labute approximate surface area is 134 Å². The largest absolute Gasteiger partial charge is 0.469 e. The molecule has 2 atom stereocenters. The Morgan fingerprint density at radius 3 is 2.73 bits per heavy atom. The second-order valence-corrected chi connectivity index (χ2v) is 6.21. The molecule has 0 aliphatic heterocycles. The monoisotopic (exact) mass is 319 g/mol. The van der Waals surface area contributed by atoms with Crippen LogP contribution in [0.25, 0.3) is 11.3 Å². The quantitative estimate of drug-likeness (QED) is 0.614. The van der Waals surface area contributed by atoms with Gasteiger partial charge in [-0.2, -0.15) is 0 Å². The number of carbonyl (C=O) groups is 1. The maximum Gasteiger partial charge on any atom is 0.309 e. The molecule has 0 spiro atoms. The number of aromatic nitrogens is 1. The number of hydrogen-bond donors (Lipinski definition) is 0. The standard InChI is InChI=1S/C17H18ClNO3/c1-10-3-4-12(17(20)21-2)9-14-15(10)16(19-22-14)11-5-7-13(18)8-6-11/h5-8,10,12H,3-4,9H2,1-2H3/t10-,12+/m1/s1. The minimum atomic E-state index is -0.176. The van der Waals surface area contributed by atoms with Gasteiger partial charge < -0.3 is 9.26 Å². The van der Waals surface area contributed by atoms with E-state index in [0.717, 1.165) is 35.4 Å². The summed E-state index contributed by atoms with van der Waals surface area (Å²) in [6.07, 6.45) is 2.26. The maximum absolute atomic E-state index is 11.9. The molecule has 1 heterocycles. The van der Waals surface area contributed by atoms with Gasteiger partial charge in [0.15, 0.2) is 0 Å². The van der Waals surface area contributed by atoms with Crippen molar-refractivity contribution < 1.29 is 14.1 Å². The van der Waals surface area contributed by atoms with Crippen LogP contribution < -0.4 is 0 Å². The van der Waals surface area contributed by atoms with Crippen LogP contribution in [0, 0.1) is 5.92 Å². The molecule has 0 amide bonds. The number of halogens is 1. The molecular weight excluding hydrogens is 302 g/mol. The molecule has 0 radical (unpaired) electrons. The highest BCUT2D eigenvalue weighted by Crippen LogP contribution is 2.39. The van der Waals surface area contributed by atoms with E-state index in [-0.39, 0.29) is 11.9 Å². The molecule has 1 aliphatic carbocycles. The summed E-state index contributed by atoms with van der Waals surface area (Å²) < 4.78 is 10.4. The number of fused-ring (bicyclic) bond motifs is 1. The van der Waals surface area contributed by atoms with Gasteiger partial charge in [0.2, 0.25) is 0 Å². The normalized spacial score (nSPS) is 21.0. The zero-order valence-corrected chi connectivity index (χ0v) is 13.4. The predicted octanol–water partition coefficient (Wildman–Crippen LogP) is 4.22. The molecule has 3 rings (SSSR count). The van der Waals surface area contributed by atoms with Crippen molar-refractivity contribution in [3.8, 4) is 11.3 Å². The first-order valence-corrected chi connectivity index (χ1v) is 7.80. The summed E-state index contributed by atoms with van der Waals surface area (Å²) in [5.74, 6) is 0.760. The molecule has 0 fully saturated rings. The summed E-state index contributed by atoms with van der Waals surface area (Å²) in [6, 6.07) is 7.57. The minimum Gasteiger partial charge on any atom is -0.469 e. The van der Waals surface area contributed by atoms with Gasteiger partial charge in [-0.1, -0.05) is 35.8 Å². The van der Waals surface area contributed by atoms with Gasteiger partial charge in [0.25, 0.3) is 0 Å². The van der Waals surface area contributed by atoms with Gasteiger partial charge in [-0.15, -0.1) is 0 Å². The molecule has 0 saturated heterocycles. The van der Waals surface area contributed by atoms with Gasteiger partial charge in [-0.3, -0.25) is 4.79 Å². The number of esters is 1. The smallest absolute Gasteiger partial charge is 0.309 e. The average molecular weight is 320 g/mol. The number of ether oxygens (including phenoxy) is 1. The highest BCUT2D eigenvalue weighted by Gasteiger charge is 2.32. The molecule has 1 aromatic carbocycles. The third-order valence-corrected chi connectivity index (χ3v) is 4.58. The zero-order valence-electron chi connectivity index (χ0n) is 12.6. The van der Waals surface area contributed by atoms with Crippen LogP contribution >= 0.6 is 11.6 Å². The Morgan fingerprint density at radius 1 is 1.32 bits per heavy atom. The van der Waals surface area contributed by atoms with Crippen molar-refractivity contribution in [2.24, 2.45) is 5.92 Å². The van der Waals surface area contributed by atoms with Crippen LogP contribution in [0.4, 0.5) is 0 Å². The number of carbonyl (C=O) groups excluding carboxylic acids is 1. The molecule has 1 aromatic heterocycles. The zero-order chi connectivity index (χ0) is 15.7. The lowest BCUT2D eigenvalue weighted by Crippen LogP contribution is -2.17.